The zero-order valence-electron chi connectivity index (χ0n) is 21.3. The van der Waals surface area contributed by atoms with Crippen molar-refractivity contribution in [3.63, 3.8) is 0 Å². The van der Waals surface area contributed by atoms with Gasteiger partial charge >= 0.3 is 5.97 Å². The molecule has 0 radical (unpaired) electrons. The molecule has 9 heteroatoms. The Morgan fingerprint density at radius 3 is 2.38 bits per heavy atom. The number of aliphatic hydroxyl groups is 1. The van der Waals surface area contributed by atoms with Crippen molar-refractivity contribution in [2.75, 3.05) is 6.61 Å². The molecule has 39 heavy (non-hydrogen) atoms. The van der Waals surface area contributed by atoms with Crippen molar-refractivity contribution in [3.05, 3.63) is 118 Å². The van der Waals surface area contributed by atoms with Gasteiger partial charge in [-0.2, -0.15) is 0 Å². The van der Waals surface area contributed by atoms with Crippen LogP contribution in [0.4, 0.5) is 0 Å². The van der Waals surface area contributed by atoms with Crippen molar-refractivity contribution in [1.82, 2.24) is 14.9 Å². The standard InChI is InChI=1S/C30H25N3O5S/c1-3-38-30(37)22-11-9-19(10-12-22)17-33-24(20-13-15-31-16-14-20)23(26(35)29(33)36)25(34)27-18(2)32-28(39-27)21-7-5-4-6-8-21/h4-16,24,35H,3,17H2,1-2H3. The summed E-state index contributed by atoms with van der Waals surface area (Å²) in [4.78, 5) is 49.8. The molecule has 0 spiro atoms. The maximum Gasteiger partial charge on any atom is 0.338 e. The van der Waals surface area contributed by atoms with Gasteiger partial charge in [-0.1, -0.05) is 42.5 Å². The van der Waals surface area contributed by atoms with E-state index in [1.165, 1.54) is 16.2 Å². The van der Waals surface area contributed by atoms with Crippen LogP contribution < -0.4 is 0 Å². The summed E-state index contributed by atoms with van der Waals surface area (Å²) < 4.78 is 5.04. The molecule has 8 nitrogen and oxygen atoms in total. The number of rotatable bonds is 8. The predicted octanol–water partition coefficient (Wildman–Crippen LogP) is 5.47. The first-order valence-electron chi connectivity index (χ1n) is 12.4. The summed E-state index contributed by atoms with van der Waals surface area (Å²) in [6, 6.07) is 18.8. The van der Waals surface area contributed by atoms with Crippen LogP contribution in [0.1, 0.15) is 49.8 Å². The second-order valence-corrected chi connectivity index (χ2v) is 9.92. The molecule has 0 saturated heterocycles. The van der Waals surface area contributed by atoms with Crippen LogP contribution in [0.2, 0.25) is 0 Å². The molecule has 196 valence electrons. The molecule has 4 aromatic rings. The maximum absolute atomic E-state index is 13.9. The lowest BCUT2D eigenvalue weighted by Gasteiger charge is -2.27. The van der Waals surface area contributed by atoms with Crippen molar-refractivity contribution in [2.45, 2.75) is 26.4 Å². The van der Waals surface area contributed by atoms with Crippen LogP contribution >= 0.6 is 11.3 Å². The van der Waals surface area contributed by atoms with Crippen LogP contribution in [0.15, 0.2) is 90.5 Å². The van der Waals surface area contributed by atoms with E-state index in [0.29, 0.717) is 26.7 Å². The van der Waals surface area contributed by atoms with Crippen LogP contribution in [0, 0.1) is 6.92 Å². The number of aromatic nitrogens is 2. The Bertz CT molecular complexity index is 1560. The van der Waals surface area contributed by atoms with E-state index < -0.39 is 29.5 Å². The zero-order chi connectivity index (χ0) is 27.5. The molecule has 1 unspecified atom stereocenters. The number of hydrogen-bond donors (Lipinski definition) is 1. The summed E-state index contributed by atoms with van der Waals surface area (Å²) in [5.74, 6) is -2.11. The molecule has 1 amide bonds. The molecule has 1 aliphatic heterocycles. The van der Waals surface area contributed by atoms with Gasteiger partial charge < -0.3 is 14.7 Å². The molecular weight excluding hydrogens is 514 g/mol. The molecule has 3 heterocycles. The highest BCUT2D eigenvalue weighted by Crippen LogP contribution is 2.41. The minimum atomic E-state index is -0.834. The number of nitrogens with zero attached hydrogens (tertiary/aromatic N) is 3. The number of aliphatic hydroxyl groups excluding tert-OH is 1. The van der Waals surface area contributed by atoms with Crippen molar-refractivity contribution in [2.24, 2.45) is 0 Å². The molecule has 0 bridgehead atoms. The van der Waals surface area contributed by atoms with Crippen molar-refractivity contribution in [1.29, 1.82) is 0 Å². The summed E-state index contributed by atoms with van der Waals surface area (Å²) >= 11 is 1.23. The lowest BCUT2D eigenvalue weighted by molar-refractivity contribution is -0.130. The Kier molecular flexibility index (Phi) is 7.33. The van der Waals surface area contributed by atoms with E-state index in [1.54, 1.807) is 62.6 Å². The predicted molar refractivity (Wildman–Crippen MR) is 146 cm³/mol. The Hall–Kier alpha value is -4.63. The van der Waals surface area contributed by atoms with Gasteiger partial charge in [0.25, 0.3) is 5.91 Å². The molecule has 1 atom stereocenters. The SMILES string of the molecule is CCOC(=O)c1ccc(CN2C(=O)C(O)=C(C(=O)c3sc(-c4ccccc4)nc3C)C2c2ccncc2)cc1. The van der Waals surface area contributed by atoms with Gasteiger partial charge in [-0.15, -0.1) is 11.3 Å². The van der Waals surface area contributed by atoms with Crippen LogP contribution in [0.5, 0.6) is 0 Å². The first kappa shape index (κ1) is 26.0. The number of benzene rings is 2. The Morgan fingerprint density at radius 2 is 1.72 bits per heavy atom. The van der Waals surface area contributed by atoms with E-state index in [1.807, 2.05) is 30.3 Å². The van der Waals surface area contributed by atoms with Gasteiger partial charge in [-0.05, 0) is 49.2 Å². The van der Waals surface area contributed by atoms with Crippen LogP contribution in [-0.2, 0) is 16.1 Å². The highest BCUT2D eigenvalue weighted by Gasteiger charge is 2.44. The largest absolute Gasteiger partial charge is 0.503 e. The molecule has 0 aliphatic carbocycles. The monoisotopic (exact) mass is 539 g/mol. The van der Waals surface area contributed by atoms with E-state index in [9.17, 15) is 19.5 Å². The Labute approximate surface area is 229 Å². The fourth-order valence-corrected chi connectivity index (χ4v) is 5.56. The highest BCUT2D eigenvalue weighted by molar-refractivity contribution is 7.17. The average molecular weight is 540 g/mol. The smallest absolute Gasteiger partial charge is 0.338 e. The summed E-state index contributed by atoms with van der Waals surface area (Å²) in [5, 5.41) is 11.7. The lowest BCUT2D eigenvalue weighted by atomic mass is 9.95. The van der Waals surface area contributed by atoms with Gasteiger partial charge in [0.15, 0.2) is 5.76 Å². The van der Waals surface area contributed by atoms with E-state index in [0.717, 1.165) is 11.1 Å². The first-order chi connectivity index (χ1) is 18.9. The normalized spacial score (nSPS) is 15.1. The molecule has 5 rings (SSSR count). The molecule has 0 saturated carbocycles. The van der Waals surface area contributed by atoms with E-state index in [-0.39, 0.29) is 18.7 Å². The third kappa shape index (κ3) is 5.08. The van der Waals surface area contributed by atoms with Gasteiger partial charge in [0, 0.05) is 24.5 Å². The van der Waals surface area contributed by atoms with Gasteiger partial charge in [-0.25, -0.2) is 9.78 Å². The van der Waals surface area contributed by atoms with Gasteiger partial charge in [0.1, 0.15) is 5.01 Å². The number of pyridine rings is 1. The molecule has 2 aromatic carbocycles. The number of carbonyl (C=O) groups excluding carboxylic acids is 3. The molecule has 0 fully saturated rings. The third-order valence-electron chi connectivity index (χ3n) is 6.41. The molecule has 1 aliphatic rings. The molecular formula is C30H25N3O5S. The number of hydrogen-bond acceptors (Lipinski definition) is 8. The van der Waals surface area contributed by atoms with Gasteiger partial charge in [0.2, 0.25) is 5.78 Å². The second-order valence-electron chi connectivity index (χ2n) is 8.92. The number of thiazole rings is 1. The molecule has 1 N–H and O–H groups in total. The quantitative estimate of drug-likeness (QED) is 0.234. The highest BCUT2D eigenvalue weighted by atomic mass is 32.1. The minimum Gasteiger partial charge on any atom is -0.503 e. The number of aryl methyl sites for hydroxylation is 1. The van der Waals surface area contributed by atoms with E-state index in [4.69, 9.17) is 4.74 Å². The van der Waals surface area contributed by atoms with E-state index >= 15 is 0 Å². The first-order valence-corrected chi connectivity index (χ1v) is 13.2. The van der Waals surface area contributed by atoms with Crippen molar-refractivity contribution >= 4 is 29.0 Å². The minimum absolute atomic E-state index is 0.000653. The molecule has 2 aromatic heterocycles. The Morgan fingerprint density at radius 1 is 1.03 bits per heavy atom. The van der Waals surface area contributed by atoms with Crippen molar-refractivity contribution < 1.29 is 24.2 Å². The fraction of sp³-hybridized carbons (Fsp3) is 0.167. The fourth-order valence-electron chi connectivity index (χ4n) is 4.53. The summed E-state index contributed by atoms with van der Waals surface area (Å²) in [6.45, 7) is 3.85. The number of ketones is 1. The van der Waals surface area contributed by atoms with Gasteiger partial charge in [-0.3, -0.25) is 14.6 Å². The topological polar surface area (TPSA) is 110 Å². The summed E-state index contributed by atoms with van der Waals surface area (Å²) in [5.41, 5.74) is 3.16. The van der Waals surface area contributed by atoms with Crippen LogP contribution in [0.25, 0.3) is 10.6 Å². The number of Topliss-reactive ketones (excluding diaryl/α,β-unsaturated/α-hetero) is 1. The van der Waals surface area contributed by atoms with Crippen molar-refractivity contribution in [3.8, 4) is 10.6 Å². The third-order valence-corrected chi connectivity index (χ3v) is 7.62. The zero-order valence-corrected chi connectivity index (χ0v) is 22.1. The average Bonchev–Trinajstić information content (AvgIpc) is 3.47. The number of ether oxygens (including phenoxy) is 1. The van der Waals surface area contributed by atoms with Crippen LogP contribution in [-0.4, -0.2) is 44.2 Å². The van der Waals surface area contributed by atoms with Crippen LogP contribution in [0.3, 0.4) is 0 Å². The number of carbonyl (C=O) groups is 3. The maximum atomic E-state index is 13.9. The summed E-state index contributed by atoms with van der Waals surface area (Å²) in [6.07, 6.45) is 3.16. The lowest BCUT2D eigenvalue weighted by Crippen LogP contribution is -2.30. The van der Waals surface area contributed by atoms with Gasteiger partial charge in [0.05, 0.1) is 34.4 Å². The number of esters is 1. The summed E-state index contributed by atoms with van der Waals surface area (Å²) in [7, 11) is 0. The van der Waals surface area contributed by atoms with E-state index in [2.05, 4.69) is 9.97 Å². The number of amides is 1. The second kappa shape index (κ2) is 11.0. The Balaban J connectivity index is 1.50.